The lowest BCUT2D eigenvalue weighted by Crippen LogP contribution is -2.38. The lowest BCUT2D eigenvalue weighted by atomic mass is 10.2. The molecule has 0 spiro atoms. The number of nitrogens with one attached hydrogen (secondary N) is 3. The molecule has 192 valence electrons. The zero-order chi connectivity index (χ0) is 25.9. The first-order valence-electron chi connectivity index (χ1n) is 9.89. The van der Waals surface area contributed by atoms with Gasteiger partial charge in [-0.1, -0.05) is 6.07 Å². The number of halogens is 6. The van der Waals surface area contributed by atoms with E-state index in [1.165, 1.54) is 10.8 Å². The first kappa shape index (κ1) is 26.5. The standard InChI is InChI=1S/C19H19F6N5O4S/c20-18(21,22)11-27-35(32,33)14-9-15(16(26-10-14)30-4-6-34-7-5-30)29-17(31)28-13-3-1-2-12(8-13)19(23,24)25/h1-3,8-10,27H,4-7,11H2,(H2,28,29,31). The lowest BCUT2D eigenvalue weighted by molar-refractivity contribution is -0.137. The van der Waals surface area contributed by atoms with E-state index in [9.17, 15) is 39.6 Å². The van der Waals surface area contributed by atoms with E-state index in [0.717, 1.165) is 24.4 Å². The number of amides is 2. The van der Waals surface area contributed by atoms with Gasteiger partial charge in [0.05, 0.1) is 24.5 Å². The van der Waals surface area contributed by atoms with Crippen LogP contribution < -0.4 is 20.3 Å². The van der Waals surface area contributed by atoms with Gasteiger partial charge in [0.1, 0.15) is 11.4 Å². The van der Waals surface area contributed by atoms with Crippen molar-refractivity contribution in [2.45, 2.75) is 17.2 Å². The monoisotopic (exact) mass is 527 g/mol. The summed E-state index contributed by atoms with van der Waals surface area (Å²) in [6.45, 7) is -0.598. The minimum atomic E-state index is -4.81. The number of pyridine rings is 1. The van der Waals surface area contributed by atoms with E-state index in [4.69, 9.17) is 4.74 Å². The molecule has 0 unspecified atom stereocenters. The zero-order valence-corrected chi connectivity index (χ0v) is 18.5. The van der Waals surface area contributed by atoms with Gasteiger partial charge >= 0.3 is 18.4 Å². The van der Waals surface area contributed by atoms with Crippen molar-refractivity contribution in [2.24, 2.45) is 0 Å². The topological polar surface area (TPSA) is 113 Å². The smallest absolute Gasteiger partial charge is 0.378 e. The first-order chi connectivity index (χ1) is 16.2. The van der Waals surface area contributed by atoms with Gasteiger partial charge in [0.25, 0.3) is 0 Å². The number of benzene rings is 1. The number of rotatable bonds is 6. The van der Waals surface area contributed by atoms with Crippen LogP contribution in [0, 0.1) is 0 Å². The van der Waals surface area contributed by atoms with Gasteiger partial charge < -0.3 is 20.3 Å². The molecule has 1 saturated heterocycles. The third kappa shape index (κ3) is 7.43. The SMILES string of the molecule is O=C(Nc1cccc(C(F)(F)F)c1)Nc1cc(S(=O)(=O)NCC(F)(F)F)cnc1N1CCOCC1. The highest BCUT2D eigenvalue weighted by molar-refractivity contribution is 7.89. The van der Waals surface area contributed by atoms with E-state index in [1.807, 2.05) is 0 Å². The minimum Gasteiger partial charge on any atom is -0.378 e. The number of hydrogen-bond acceptors (Lipinski definition) is 6. The number of morpholine rings is 1. The summed E-state index contributed by atoms with van der Waals surface area (Å²) in [7, 11) is -4.65. The molecule has 0 saturated carbocycles. The largest absolute Gasteiger partial charge is 0.416 e. The normalized spacial score (nSPS) is 15.1. The number of nitrogens with zero attached hydrogens (tertiary/aromatic N) is 2. The van der Waals surface area contributed by atoms with Crippen LogP contribution in [0.2, 0.25) is 0 Å². The van der Waals surface area contributed by atoms with Crippen LogP contribution in [-0.2, 0) is 20.9 Å². The third-order valence-electron chi connectivity index (χ3n) is 4.62. The minimum absolute atomic E-state index is 0.0993. The number of anilines is 3. The summed E-state index contributed by atoms with van der Waals surface area (Å²) in [4.78, 5) is 17.5. The highest BCUT2D eigenvalue weighted by Gasteiger charge is 2.32. The second kappa shape index (κ2) is 10.2. The van der Waals surface area contributed by atoms with Crippen LogP contribution in [0.4, 0.5) is 48.3 Å². The summed E-state index contributed by atoms with van der Waals surface area (Å²) in [5.74, 6) is 0.0993. The molecule has 9 nitrogen and oxygen atoms in total. The van der Waals surface area contributed by atoms with E-state index < -0.39 is 45.4 Å². The van der Waals surface area contributed by atoms with Crippen molar-refractivity contribution in [3.63, 3.8) is 0 Å². The maximum atomic E-state index is 12.9. The Morgan fingerprint density at radius 1 is 1.06 bits per heavy atom. The zero-order valence-electron chi connectivity index (χ0n) is 17.7. The fourth-order valence-corrected chi connectivity index (χ4v) is 4.01. The van der Waals surface area contributed by atoms with Crippen molar-refractivity contribution in [1.29, 1.82) is 0 Å². The van der Waals surface area contributed by atoms with Crippen LogP contribution in [0.5, 0.6) is 0 Å². The summed E-state index contributed by atoms with van der Waals surface area (Å²) in [5.41, 5.74) is -1.39. The van der Waals surface area contributed by atoms with E-state index in [2.05, 4.69) is 15.6 Å². The molecule has 0 bridgehead atoms. The van der Waals surface area contributed by atoms with Crippen LogP contribution in [0.25, 0.3) is 0 Å². The molecule has 2 amide bonds. The Hall–Kier alpha value is -3.11. The maximum absolute atomic E-state index is 12.9. The second-order valence-corrected chi connectivity index (χ2v) is 9.01. The van der Waals surface area contributed by atoms with Crippen LogP contribution in [-0.4, -0.2) is 58.5 Å². The van der Waals surface area contributed by atoms with Gasteiger partial charge in [0, 0.05) is 25.0 Å². The summed E-state index contributed by atoms with van der Waals surface area (Å²) in [6, 6.07) is 3.67. The average molecular weight is 527 g/mol. The molecule has 2 aromatic rings. The van der Waals surface area contributed by atoms with Crippen LogP contribution >= 0.6 is 0 Å². The molecule has 1 aliphatic heterocycles. The molecule has 1 aromatic carbocycles. The van der Waals surface area contributed by atoms with Gasteiger partial charge in [0.2, 0.25) is 10.0 Å². The molecule has 0 atom stereocenters. The number of ether oxygens (including phenoxy) is 1. The Kier molecular flexibility index (Phi) is 7.76. The summed E-state index contributed by atoms with van der Waals surface area (Å²) in [6.07, 6.45) is -8.62. The Balaban J connectivity index is 1.87. The maximum Gasteiger partial charge on any atom is 0.416 e. The van der Waals surface area contributed by atoms with Gasteiger partial charge in [-0.25, -0.2) is 22.9 Å². The summed E-state index contributed by atoms with van der Waals surface area (Å²) >= 11 is 0. The van der Waals surface area contributed by atoms with Crippen molar-refractivity contribution in [2.75, 3.05) is 48.4 Å². The molecular weight excluding hydrogens is 508 g/mol. The van der Waals surface area contributed by atoms with Crippen molar-refractivity contribution in [3.05, 3.63) is 42.1 Å². The second-order valence-electron chi connectivity index (χ2n) is 7.24. The first-order valence-corrected chi connectivity index (χ1v) is 11.4. The fourth-order valence-electron chi connectivity index (χ4n) is 3.02. The molecular formula is C19H19F6N5O4S. The molecule has 1 aliphatic rings. The Morgan fingerprint density at radius 2 is 1.74 bits per heavy atom. The Morgan fingerprint density at radius 3 is 2.37 bits per heavy atom. The highest BCUT2D eigenvalue weighted by atomic mass is 32.2. The molecule has 3 N–H and O–H groups in total. The molecule has 35 heavy (non-hydrogen) atoms. The molecule has 0 aliphatic carbocycles. The van der Waals surface area contributed by atoms with Crippen LogP contribution in [0.3, 0.4) is 0 Å². The average Bonchev–Trinajstić information content (AvgIpc) is 2.77. The van der Waals surface area contributed by atoms with Crippen molar-refractivity contribution < 1.29 is 44.3 Å². The fraction of sp³-hybridized carbons (Fsp3) is 0.368. The number of sulfonamides is 1. The predicted octanol–water partition coefficient (Wildman–Crippen LogP) is 3.42. The lowest BCUT2D eigenvalue weighted by Gasteiger charge is -2.29. The van der Waals surface area contributed by atoms with Gasteiger partial charge in [-0.3, -0.25) is 0 Å². The Bertz CT molecular complexity index is 1170. The van der Waals surface area contributed by atoms with Crippen molar-refractivity contribution >= 4 is 33.2 Å². The van der Waals surface area contributed by atoms with E-state index in [0.29, 0.717) is 32.4 Å². The quantitative estimate of drug-likeness (QED) is 0.497. The summed E-state index contributed by atoms with van der Waals surface area (Å²) in [5, 5.41) is 4.51. The van der Waals surface area contributed by atoms with E-state index in [1.54, 1.807) is 4.90 Å². The number of aromatic nitrogens is 1. The van der Waals surface area contributed by atoms with Gasteiger partial charge in [-0.05, 0) is 24.3 Å². The molecule has 1 fully saturated rings. The Labute approximate surface area is 195 Å². The number of hydrogen-bond donors (Lipinski definition) is 3. The van der Waals surface area contributed by atoms with Gasteiger partial charge in [0.15, 0.2) is 5.82 Å². The summed E-state index contributed by atoms with van der Waals surface area (Å²) < 4.78 is 107. The molecule has 2 heterocycles. The van der Waals surface area contributed by atoms with Crippen LogP contribution in [0.15, 0.2) is 41.4 Å². The van der Waals surface area contributed by atoms with Crippen molar-refractivity contribution in [1.82, 2.24) is 9.71 Å². The number of urea groups is 1. The molecule has 16 heteroatoms. The molecule has 0 radical (unpaired) electrons. The third-order valence-corrected chi connectivity index (χ3v) is 5.99. The molecule has 1 aromatic heterocycles. The number of carbonyl (C=O) groups excluding carboxylic acids is 1. The van der Waals surface area contributed by atoms with Crippen molar-refractivity contribution in [3.8, 4) is 0 Å². The molecule has 3 rings (SSSR count). The number of carbonyl (C=O) groups is 1. The van der Waals surface area contributed by atoms with Gasteiger partial charge in [-0.15, -0.1) is 0 Å². The van der Waals surface area contributed by atoms with Crippen LogP contribution in [0.1, 0.15) is 5.56 Å². The van der Waals surface area contributed by atoms with E-state index >= 15 is 0 Å². The predicted molar refractivity (Wildman–Crippen MR) is 113 cm³/mol. The van der Waals surface area contributed by atoms with E-state index in [-0.39, 0.29) is 17.2 Å². The highest BCUT2D eigenvalue weighted by Crippen LogP contribution is 2.31. The van der Waals surface area contributed by atoms with Gasteiger partial charge in [-0.2, -0.15) is 26.3 Å². The number of alkyl halides is 6.